The van der Waals surface area contributed by atoms with Gasteiger partial charge in [-0.3, -0.25) is 9.59 Å². The van der Waals surface area contributed by atoms with Crippen molar-refractivity contribution >= 4 is 18.0 Å². The van der Waals surface area contributed by atoms with Crippen molar-refractivity contribution in [2.45, 2.75) is 38.1 Å². The second-order valence-corrected chi connectivity index (χ2v) is 8.07. The number of carboxylic acids is 1. The van der Waals surface area contributed by atoms with Gasteiger partial charge in [0.15, 0.2) is 0 Å². The van der Waals surface area contributed by atoms with E-state index >= 15 is 0 Å². The highest BCUT2D eigenvalue weighted by atomic mass is 16.5. The number of nitrogens with zero attached hydrogens (tertiary/aromatic N) is 1. The van der Waals surface area contributed by atoms with Crippen molar-refractivity contribution in [2.75, 3.05) is 19.7 Å². The lowest BCUT2D eigenvalue weighted by Gasteiger charge is -2.22. The third-order valence-electron chi connectivity index (χ3n) is 5.89. The number of carbonyl (C=O) groups is 3. The Morgan fingerprint density at radius 3 is 2.27 bits per heavy atom. The molecule has 3 rings (SSSR count). The molecule has 0 aliphatic heterocycles. The monoisotopic (exact) mass is 450 g/mol. The minimum Gasteiger partial charge on any atom is -0.480 e. The summed E-state index contributed by atoms with van der Waals surface area (Å²) in [5.74, 6) is -1.38. The molecule has 0 bridgehead atoms. The summed E-state index contributed by atoms with van der Waals surface area (Å²) in [5, 5.41) is 11.8. The van der Waals surface area contributed by atoms with Crippen LogP contribution < -0.4 is 5.32 Å². The molecule has 0 saturated heterocycles. The van der Waals surface area contributed by atoms with Gasteiger partial charge in [-0.1, -0.05) is 61.5 Å². The molecule has 2 N–H and O–H groups in total. The van der Waals surface area contributed by atoms with E-state index in [4.69, 9.17) is 9.84 Å². The van der Waals surface area contributed by atoms with Crippen molar-refractivity contribution in [2.24, 2.45) is 0 Å². The van der Waals surface area contributed by atoms with E-state index in [9.17, 15) is 14.4 Å². The molecule has 0 saturated carbocycles. The van der Waals surface area contributed by atoms with Gasteiger partial charge in [-0.05, 0) is 35.1 Å². The average Bonchev–Trinajstić information content (AvgIpc) is 3.13. The van der Waals surface area contributed by atoms with Gasteiger partial charge in [0.2, 0.25) is 5.91 Å². The number of fused-ring (bicyclic) bond motifs is 3. The molecular weight excluding hydrogens is 420 g/mol. The van der Waals surface area contributed by atoms with Gasteiger partial charge < -0.3 is 20.1 Å². The molecule has 0 heterocycles. The first kappa shape index (κ1) is 24.0. The Labute approximate surface area is 194 Å². The molecule has 174 valence electrons. The van der Waals surface area contributed by atoms with E-state index in [0.717, 1.165) is 22.3 Å². The zero-order valence-corrected chi connectivity index (χ0v) is 18.8. The van der Waals surface area contributed by atoms with Gasteiger partial charge in [-0.15, -0.1) is 6.58 Å². The maximum Gasteiger partial charge on any atom is 0.407 e. The first-order valence-corrected chi connectivity index (χ1v) is 11.2. The Morgan fingerprint density at radius 2 is 1.73 bits per heavy atom. The van der Waals surface area contributed by atoms with Gasteiger partial charge in [-0.25, -0.2) is 4.79 Å². The van der Waals surface area contributed by atoms with Gasteiger partial charge in [0.05, 0.1) is 0 Å². The summed E-state index contributed by atoms with van der Waals surface area (Å²) < 4.78 is 5.58. The summed E-state index contributed by atoms with van der Waals surface area (Å²) in [6, 6.07) is 16.0. The maximum atomic E-state index is 12.5. The van der Waals surface area contributed by atoms with Crippen LogP contribution in [0, 0.1) is 0 Å². The van der Waals surface area contributed by atoms with Crippen LogP contribution in [-0.2, 0) is 14.3 Å². The number of hydrogen-bond acceptors (Lipinski definition) is 4. The summed E-state index contributed by atoms with van der Waals surface area (Å²) in [5.41, 5.74) is 4.62. The molecule has 1 atom stereocenters. The lowest BCUT2D eigenvalue weighted by Crippen LogP contribution is -2.39. The fourth-order valence-electron chi connectivity index (χ4n) is 4.21. The Morgan fingerprint density at radius 1 is 1.12 bits per heavy atom. The number of aliphatic carboxylic acids is 1. The van der Waals surface area contributed by atoms with Gasteiger partial charge >= 0.3 is 12.1 Å². The molecule has 7 heteroatoms. The lowest BCUT2D eigenvalue weighted by atomic mass is 9.98. The Bertz CT molecular complexity index is 974. The number of carboxylic acid groups (broad SMARTS) is 1. The molecule has 0 aromatic heterocycles. The van der Waals surface area contributed by atoms with Gasteiger partial charge in [0.25, 0.3) is 0 Å². The van der Waals surface area contributed by atoms with Crippen LogP contribution in [0.15, 0.2) is 61.2 Å². The summed E-state index contributed by atoms with van der Waals surface area (Å²) in [4.78, 5) is 37.1. The molecule has 7 nitrogen and oxygen atoms in total. The number of amides is 2. The average molecular weight is 451 g/mol. The van der Waals surface area contributed by atoms with Crippen LogP contribution in [-0.4, -0.2) is 53.7 Å². The number of rotatable bonds is 11. The molecule has 2 aromatic rings. The van der Waals surface area contributed by atoms with Crippen molar-refractivity contribution in [3.05, 3.63) is 72.3 Å². The third-order valence-corrected chi connectivity index (χ3v) is 5.89. The molecule has 0 fully saturated rings. The van der Waals surface area contributed by atoms with E-state index in [1.165, 1.54) is 11.0 Å². The molecule has 2 aromatic carbocycles. The van der Waals surface area contributed by atoms with Crippen molar-refractivity contribution < 1.29 is 24.2 Å². The normalized spacial score (nSPS) is 12.9. The van der Waals surface area contributed by atoms with Crippen LogP contribution in [0.1, 0.15) is 43.2 Å². The van der Waals surface area contributed by atoms with Crippen LogP contribution in [0.2, 0.25) is 0 Å². The molecule has 1 unspecified atom stereocenters. The van der Waals surface area contributed by atoms with Crippen molar-refractivity contribution in [1.82, 2.24) is 10.2 Å². The first-order chi connectivity index (χ1) is 15.9. The van der Waals surface area contributed by atoms with Crippen LogP contribution in [0.3, 0.4) is 0 Å². The maximum absolute atomic E-state index is 12.5. The van der Waals surface area contributed by atoms with Crippen LogP contribution >= 0.6 is 0 Å². The van der Waals surface area contributed by atoms with Gasteiger partial charge in [0, 0.05) is 24.9 Å². The first-order valence-electron chi connectivity index (χ1n) is 11.2. The van der Waals surface area contributed by atoms with Crippen LogP contribution in [0.4, 0.5) is 4.79 Å². The highest BCUT2D eigenvalue weighted by molar-refractivity contribution is 5.81. The fourth-order valence-corrected chi connectivity index (χ4v) is 4.21. The molecule has 0 spiro atoms. The standard InChI is InChI=1S/C26H30N2O5/c1-3-15-28(16-25(30)31)24(29)14-13-18(4-2)27-26(32)33-17-23-21-11-7-5-9-19(21)20-10-6-8-12-22(20)23/h3,5-12,18,23H,1,4,13-17H2,2H3,(H,27,32)(H,30,31). The number of hydrogen-bond donors (Lipinski definition) is 2. The van der Waals surface area contributed by atoms with E-state index in [-0.39, 0.29) is 44.0 Å². The highest BCUT2D eigenvalue weighted by Gasteiger charge is 2.29. The van der Waals surface area contributed by atoms with Gasteiger partial charge in [-0.2, -0.15) is 0 Å². The van der Waals surface area contributed by atoms with E-state index in [2.05, 4.69) is 36.2 Å². The predicted octanol–water partition coefficient (Wildman–Crippen LogP) is 4.18. The number of nitrogens with one attached hydrogen (secondary N) is 1. The van der Waals surface area contributed by atoms with Crippen molar-refractivity contribution in [1.29, 1.82) is 0 Å². The molecule has 33 heavy (non-hydrogen) atoms. The number of benzene rings is 2. The molecular formula is C26H30N2O5. The topological polar surface area (TPSA) is 95.9 Å². The van der Waals surface area contributed by atoms with Crippen molar-refractivity contribution in [3.63, 3.8) is 0 Å². The molecule has 2 amide bonds. The predicted molar refractivity (Wildman–Crippen MR) is 126 cm³/mol. The fraction of sp³-hybridized carbons (Fsp3) is 0.346. The zero-order chi connectivity index (χ0) is 23.8. The summed E-state index contributed by atoms with van der Waals surface area (Å²) in [6.07, 6.45) is 2.12. The summed E-state index contributed by atoms with van der Waals surface area (Å²) >= 11 is 0. The quantitative estimate of drug-likeness (QED) is 0.501. The number of ether oxygens (including phenoxy) is 1. The smallest absolute Gasteiger partial charge is 0.407 e. The summed E-state index contributed by atoms with van der Waals surface area (Å²) in [7, 11) is 0. The minimum absolute atomic E-state index is 0.0201. The second kappa shape index (κ2) is 11.3. The Balaban J connectivity index is 1.54. The SMILES string of the molecule is C=CCN(CC(=O)O)C(=O)CCC(CC)NC(=O)OCC1c2ccccc2-c2ccccc21. The molecule has 0 radical (unpaired) electrons. The number of carbonyl (C=O) groups excluding carboxylic acids is 2. The minimum atomic E-state index is -1.07. The Hall–Kier alpha value is -3.61. The van der Waals surface area contributed by atoms with E-state index < -0.39 is 12.1 Å². The van der Waals surface area contributed by atoms with Crippen molar-refractivity contribution in [3.8, 4) is 11.1 Å². The highest BCUT2D eigenvalue weighted by Crippen LogP contribution is 2.44. The molecule has 1 aliphatic carbocycles. The van der Waals surface area contributed by atoms with Gasteiger partial charge in [0.1, 0.15) is 13.2 Å². The summed E-state index contributed by atoms with van der Waals surface area (Å²) in [6.45, 7) is 5.49. The van der Waals surface area contributed by atoms with E-state index in [0.29, 0.717) is 12.8 Å². The van der Waals surface area contributed by atoms with E-state index in [1.54, 1.807) is 0 Å². The van der Waals surface area contributed by atoms with Crippen LogP contribution in [0.5, 0.6) is 0 Å². The second-order valence-electron chi connectivity index (χ2n) is 8.07. The van der Waals surface area contributed by atoms with Crippen LogP contribution in [0.25, 0.3) is 11.1 Å². The molecule has 1 aliphatic rings. The third kappa shape index (κ3) is 6.00. The van der Waals surface area contributed by atoms with E-state index in [1.807, 2.05) is 31.2 Å². The largest absolute Gasteiger partial charge is 0.480 e. The zero-order valence-electron chi connectivity index (χ0n) is 18.8. The number of alkyl carbamates (subject to hydrolysis) is 1. The Kier molecular flexibility index (Phi) is 8.24. The lowest BCUT2D eigenvalue weighted by molar-refractivity contribution is -0.144.